The van der Waals surface area contributed by atoms with Gasteiger partial charge in [0, 0.05) is 39.7 Å². The molecule has 1 amide bonds. The number of carbonyl (C=O) groups is 3. The second kappa shape index (κ2) is 9.41. The van der Waals surface area contributed by atoms with Crippen LogP contribution in [0.5, 0.6) is 0 Å². The van der Waals surface area contributed by atoms with Crippen LogP contribution in [0, 0.1) is 13.8 Å². The van der Waals surface area contributed by atoms with Crippen molar-refractivity contribution in [3.63, 3.8) is 0 Å². The Hall–Kier alpha value is -3.03. The van der Waals surface area contributed by atoms with E-state index in [1.807, 2.05) is 11.5 Å². The van der Waals surface area contributed by atoms with Gasteiger partial charge in [0.2, 0.25) is 5.78 Å². The number of hydrogen-bond acceptors (Lipinski definition) is 5. The summed E-state index contributed by atoms with van der Waals surface area (Å²) in [6.45, 7) is 2.88. The average molecular weight is 463 g/mol. The van der Waals surface area contributed by atoms with E-state index in [0.29, 0.717) is 21.3 Å². The van der Waals surface area contributed by atoms with Crippen molar-refractivity contribution in [1.29, 1.82) is 0 Å². The van der Waals surface area contributed by atoms with Crippen LogP contribution in [0.15, 0.2) is 47.1 Å². The first kappa shape index (κ1) is 22.7. The molecule has 162 valence electrons. The zero-order valence-corrected chi connectivity index (χ0v) is 18.7. The molecule has 0 radical (unpaired) electrons. The predicted octanol–water partition coefficient (Wildman–Crippen LogP) is 4.49. The SMILES string of the molecule is Cc1cc(C(=O)COC(=O)CN(C)C(=O)c2ccco2)c(C)n1-c1cc(Cl)cc(Cl)c1. The van der Waals surface area contributed by atoms with Crippen LogP contribution in [0.1, 0.15) is 32.3 Å². The van der Waals surface area contributed by atoms with Crippen LogP contribution in [0.2, 0.25) is 10.0 Å². The molecule has 1 aromatic carbocycles. The van der Waals surface area contributed by atoms with Crippen LogP contribution in [0.3, 0.4) is 0 Å². The highest BCUT2D eigenvalue weighted by atomic mass is 35.5. The van der Waals surface area contributed by atoms with Crippen LogP contribution in [0.4, 0.5) is 0 Å². The second-order valence-electron chi connectivity index (χ2n) is 6.97. The normalized spacial score (nSPS) is 10.7. The van der Waals surface area contributed by atoms with E-state index in [1.54, 1.807) is 37.3 Å². The number of aromatic nitrogens is 1. The zero-order valence-electron chi connectivity index (χ0n) is 17.1. The van der Waals surface area contributed by atoms with Crippen LogP contribution < -0.4 is 0 Å². The van der Waals surface area contributed by atoms with Crippen molar-refractivity contribution in [3.05, 3.63) is 75.4 Å². The van der Waals surface area contributed by atoms with Gasteiger partial charge in [-0.2, -0.15) is 0 Å². The van der Waals surface area contributed by atoms with Gasteiger partial charge in [0.1, 0.15) is 6.54 Å². The molecule has 0 spiro atoms. The van der Waals surface area contributed by atoms with Crippen LogP contribution in [-0.2, 0) is 9.53 Å². The zero-order chi connectivity index (χ0) is 22.7. The first-order chi connectivity index (χ1) is 14.7. The minimum absolute atomic E-state index is 0.111. The molecule has 0 saturated heterocycles. The van der Waals surface area contributed by atoms with Crippen molar-refractivity contribution in [2.24, 2.45) is 0 Å². The number of ketones is 1. The van der Waals surface area contributed by atoms with Crippen molar-refractivity contribution < 1.29 is 23.5 Å². The molecule has 31 heavy (non-hydrogen) atoms. The van der Waals surface area contributed by atoms with Crippen LogP contribution in [-0.4, -0.2) is 47.3 Å². The number of Topliss-reactive ketones (excluding diaryl/α,β-unsaturated/α-hetero) is 1. The summed E-state index contributed by atoms with van der Waals surface area (Å²) in [4.78, 5) is 38.0. The number of nitrogens with zero attached hydrogens (tertiary/aromatic N) is 2. The fourth-order valence-electron chi connectivity index (χ4n) is 3.23. The average Bonchev–Trinajstić information content (AvgIpc) is 3.33. The number of rotatable bonds is 7. The predicted molar refractivity (Wildman–Crippen MR) is 116 cm³/mol. The molecular formula is C22H20Cl2N2O5. The summed E-state index contributed by atoms with van der Waals surface area (Å²) in [6, 6.07) is 9.90. The van der Waals surface area contributed by atoms with E-state index in [1.165, 1.54) is 19.4 Å². The minimum atomic E-state index is -0.703. The molecular weight excluding hydrogens is 443 g/mol. The number of likely N-dealkylation sites (N-methyl/N-ethyl adjacent to an activating group) is 1. The molecule has 7 nitrogen and oxygen atoms in total. The molecule has 2 heterocycles. The largest absolute Gasteiger partial charge is 0.459 e. The third kappa shape index (κ3) is 5.18. The molecule has 2 aromatic heterocycles. The van der Waals surface area contributed by atoms with Crippen LogP contribution >= 0.6 is 23.2 Å². The summed E-state index contributed by atoms with van der Waals surface area (Å²) in [5.74, 6) is -1.41. The summed E-state index contributed by atoms with van der Waals surface area (Å²) in [7, 11) is 1.44. The number of furan rings is 1. The Morgan fingerprint density at radius 3 is 2.39 bits per heavy atom. The molecule has 0 aliphatic carbocycles. The first-order valence-corrected chi connectivity index (χ1v) is 10.1. The molecule has 0 saturated carbocycles. The maximum absolute atomic E-state index is 12.7. The van der Waals surface area contributed by atoms with E-state index in [2.05, 4.69) is 0 Å². The molecule has 3 aromatic rings. The highest BCUT2D eigenvalue weighted by Gasteiger charge is 2.21. The van der Waals surface area contributed by atoms with Crippen molar-refractivity contribution >= 4 is 40.9 Å². The lowest BCUT2D eigenvalue weighted by molar-refractivity contribution is -0.143. The quantitative estimate of drug-likeness (QED) is 0.381. The van der Waals surface area contributed by atoms with Crippen molar-refractivity contribution in [1.82, 2.24) is 9.47 Å². The van der Waals surface area contributed by atoms with Gasteiger partial charge in [0.25, 0.3) is 5.91 Å². The standard InChI is InChI=1S/C22H20Cl2N2O5/c1-13-7-18(14(2)26(13)17-9-15(23)8-16(24)10-17)19(27)12-31-21(28)11-25(3)22(29)20-5-4-6-30-20/h4-10H,11-12H2,1-3H3. The fourth-order valence-corrected chi connectivity index (χ4v) is 3.75. The fraction of sp³-hybridized carbons (Fsp3) is 0.227. The van der Waals surface area contributed by atoms with Crippen molar-refractivity contribution in [2.75, 3.05) is 20.2 Å². The Kier molecular flexibility index (Phi) is 6.87. The second-order valence-corrected chi connectivity index (χ2v) is 7.84. The molecule has 3 rings (SSSR count). The number of hydrogen-bond donors (Lipinski definition) is 0. The Labute approximate surface area is 189 Å². The van der Waals surface area contributed by atoms with E-state index < -0.39 is 18.5 Å². The third-order valence-corrected chi connectivity index (χ3v) is 5.08. The van der Waals surface area contributed by atoms with Gasteiger partial charge in [-0.25, -0.2) is 0 Å². The van der Waals surface area contributed by atoms with Gasteiger partial charge in [-0.15, -0.1) is 0 Å². The Bertz CT molecular complexity index is 1110. The van der Waals surface area contributed by atoms with Crippen molar-refractivity contribution in [3.8, 4) is 5.69 Å². The molecule has 0 bridgehead atoms. The molecule has 0 fully saturated rings. The van der Waals surface area contributed by atoms with Gasteiger partial charge >= 0.3 is 5.97 Å². The molecule has 0 N–H and O–H groups in total. The molecule has 0 unspecified atom stereocenters. The van der Waals surface area contributed by atoms with Crippen molar-refractivity contribution in [2.45, 2.75) is 13.8 Å². The number of esters is 1. The topological polar surface area (TPSA) is 81.8 Å². The van der Waals surface area contributed by atoms with Gasteiger partial charge in [0.15, 0.2) is 12.4 Å². The minimum Gasteiger partial charge on any atom is -0.459 e. The third-order valence-electron chi connectivity index (χ3n) is 4.65. The number of halogens is 2. The van der Waals surface area contributed by atoms with Crippen LogP contribution in [0.25, 0.3) is 5.69 Å². The maximum atomic E-state index is 12.7. The maximum Gasteiger partial charge on any atom is 0.326 e. The van der Waals surface area contributed by atoms with Gasteiger partial charge in [0.05, 0.1) is 6.26 Å². The van der Waals surface area contributed by atoms with E-state index in [9.17, 15) is 14.4 Å². The molecule has 0 aliphatic rings. The lowest BCUT2D eigenvalue weighted by Crippen LogP contribution is -2.33. The van der Waals surface area contributed by atoms with Gasteiger partial charge in [-0.1, -0.05) is 23.2 Å². The van der Waals surface area contributed by atoms with Gasteiger partial charge in [-0.05, 0) is 50.2 Å². The molecule has 0 aliphatic heterocycles. The first-order valence-electron chi connectivity index (χ1n) is 9.30. The molecule has 0 atom stereocenters. The number of benzene rings is 1. The lowest BCUT2D eigenvalue weighted by atomic mass is 10.1. The number of aryl methyl sites for hydroxylation is 1. The summed E-state index contributed by atoms with van der Waals surface area (Å²) in [6.07, 6.45) is 1.37. The number of carbonyl (C=O) groups excluding carboxylic acids is 3. The summed E-state index contributed by atoms with van der Waals surface area (Å²) in [5, 5.41) is 0.954. The Morgan fingerprint density at radius 1 is 1.10 bits per heavy atom. The van der Waals surface area contributed by atoms with E-state index in [4.69, 9.17) is 32.4 Å². The number of ether oxygens (including phenoxy) is 1. The lowest BCUT2D eigenvalue weighted by Gasteiger charge is -2.14. The number of amides is 1. The Morgan fingerprint density at radius 2 is 1.77 bits per heavy atom. The van der Waals surface area contributed by atoms with E-state index in [0.717, 1.165) is 16.3 Å². The molecule has 9 heteroatoms. The smallest absolute Gasteiger partial charge is 0.326 e. The summed E-state index contributed by atoms with van der Waals surface area (Å²) in [5.41, 5.74) is 2.61. The van der Waals surface area contributed by atoms with Gasteiger partial charge in [-0.3, -0.25) is 14.4 Å². The van der Waals surface area contributed by atoms with E-state index in [-0.39, 0.29) is 18.1 Å². The Balaban J connectivity index is 1.66. The monoisotopic (exact) mass is 462 g/mol. The van der Waals surface area contributed by atoms with Gasteiger partial charge < -0.3 is 18.6 Å². The highest BCUT2D eigenvalue weighted by Crippen LogP contribution is 2.26. The summed E-state index contributed by atoms with van der Waals surface area (Å²) < 4.78 is 11.9. The van der Waals surface area contributed by atoms with E-state index >= 15 is 0 Å². The highest BCUT2D eigenvalue weighted by molar-refractivity contribution is 6.34. The summed E-state index contributed by atoms with van der Waals surface area (Å²) >= 11 is 12.2.